The van der Waals surface area contributed by atoms with Crippen molar-refractivity contribution in [3.8, 4) is 0 Å². The molecule has 0 aromatic heterocycles. The molecule has 0 aromatic rings. The summed E-state index contributed by atoms with van der Waals surface area (Å²) < 4.78 is 27.7. The molecule has 7 nitrogen and oxygen atoms in total. The molecule has 0 aromatic carbocycles. The number of aliphatic imine (C=N–C) groups is 1. The molecule has 0 aliphatic carbocycles. The van der Waals surface area contributed by atoms with Gasteiger partial charge in [-0.2, -0.15) is 0 Å². The predicted octanol–water partition coefficient (Wildman–Crippen LogP) is 0.305. The summed E-state index contributed by atoms with van der Waals surface area (Å²) in [6.07, 6.45) is 0.700. The fourth-order valence-electron chi connectivity index (χ4n) is 3.43. The maximum atomic E-state index is 12.5. The highest BCUT2D eigenvalue weighted by Gasteiger charge is 2.41. The summed E-state index contributed by atoms with van der Waals surface area (Å²) in [5.41, 5.74) is 2.40. The summed E-state index contributed by atoms with van der Waals surface area (Å²) in [6, 6.07) is 0.0270. The van der Waals surface area contributed by atoms with Crippen LogP contribution in [-0.4, -0.2) is 66.9 Å². The van der Waals surface area contributed by atoms with Crippen molar-refractivity contribution in [3.05, 3.63) is 11.3 Å². The van der Waals surface area contributed by atoms with Gasteiger partial charge in [-0.05, 0) is 26.3 Å². The van der Waals surface area contributed by atoms with Crippen molar-refractivity contribution in [3.63, 3.8) is 0 Å². The first-order chi connectivity index (χ1) is 10.7. The number of fused-ring (bicyclic) bond motifs is 1. The van der Waals surface area contributed by atoms with E-state index in [1.165, 1.54) is 18.2 Å². The number of rotatable bonds is 3. The highest BCUT2D eigenvalue weighted by Crippen LogP contribution is 2.31. The number of amidine groups is 1. The molecule has 3 aliphatic rings. The summed E-state index contributed by atoms with van der Waals surface area (Å²) >= 11 is 0. The van der Waals surface area contributed by atoms with Gasteiger partial charge in [0.25, 0.3) is 0 Å². The highest BCUT2D eigenvalue weighted by atomic mass is 32.2. The second-order valence-electron chi connectivity index (χ2n) is 6.70. The van der Waals surface area contributed by atoms with Gasteiger partial charge in [-0.3, -0.25) is 9.79 Å². The Kier molecular flexibility index (Phi) is 4.00. The minimum Gasteiger partial charge on any atom is -0.340 e. The van der Waals surface area contributed by atoms with Crippen LogP contribution < -0.4 is 4.72 Å². The Hall–Kier alpha value is -1.41. The van der Waals surface area contributed by atoms with E-state index in [0.717, 1.165) is 5.84 Å². The van der Waals surface area contributed by atoms with Gasteiger partial charge in [-0.15, -0.1) is 0 Å². The molecule has 0 radical (unpaired) electrons. The van der Waals surface area contributed by atoms with E-state index in [1.54, 1.807) is 4.90 Å². The molecule has 2 saturated heterocycles. The Balaban J connectivity index is 1.67. The Morgan fingerprint density at radius 3 is 2.52 bits per heavy atom. The maximum Gasteiger partial charge on any atom is 0.219 e. The van der Waals surface area contributed by atoms with Crippen molar-refractivity contribution in [2.75, 3.05) is 19.6 Å². The fraction of sp³-hybridized carbons (Fsp3) is 0.733. The number of nitrogens with zero attached hydrogens (tertiary/aromatic N) is 3. The third kappa shape index (κ3) is 2.89. The van der Waals surface area contributed by atoms with Crippen molar-refractivity contribution in [1.29, 1.82) is 0 Å². The molecule has 0 bridgehead atoms. The Bertz CT molecular complexity index is 692. The summed E-state index contributed by atoms with van der Waals surface area (Å²) in [7, 11) is -3.40. The molecule has 2 atom stereocenters. The average molecular weight is 340 g/mol. The molecule has 1 amide bonds. The largest absolute Gasteiger partial charge is 0.340 e. The van der Waals surface area contributed by atoms with Gasteiger partial charge in [0.15, 0.2) is 0 Å². The normalized spacial score (nSPS) is 28.6. The van der Waals surface area contributed by atoms with Crippen LogP contribution in [0.4, 0.5) is 0 Å². The molecule has 3 aliphatic heterocycles. The first-order valence-electron chi connectivity index (χ1n) is 7.97. The quantitative estimate of drug-likeness (QED) is 0.801. The Morgan fingerprint density at radius 1 is 1.26 bits per heavy atom. The first kappa shape index (κ1) is 16.4. The van der Waals surface area contributed by atoms with Gasteiger partial charge in [-0.1, -0.05) is 0 Å². The van der Waals surface area contributed by atoms with E-state index in [-0.39, 0.29) is 18.0 Å². The number of sulfonamides is 1. The molecule has 1 N–H and O–H groups in total. The molecule has 3 rings (SSSR count). The van der Waals surface area contributed by atoms with Crippen LogP contribution in [0, 0.1) is 0 Å². The van der Waals surface area contributed by atoms with Gasteiger partial charge in [0, 0.05) is 44.7 Å². The fourth-order valence-corrected chi connectivity index (χ4v) is 4.99. The molecule has 1 unspecified atom stereocenters. The van der Waals surface area contributed by atoms with Gasteiger partial charge in [0.1, 0.15) is 11.1 Å². The van der Waals surface area contributed by atoms with Gasteiger partial charge < -0.3 is 9.80 Å². The third-order valence-electron chi connectivity index (χ3n) is 5.08. The zero-order chi connectivity index (χ0) is 16.9. The minimum absolute atomic E-state index is 0.0731. The number of amides is 1. The topological polar surface area (TPSA) is 82.1 Å². The summed E-state index contributed by atoms with van der Waals surface area (Å²) in [5.74, 6) is 0.877. The number of hydrogen-bond acceptors (Lipinski definition) is 5. The second-order valence-corrected chi connectivity index (χ2v) is 8.69. The molecular weight excluding hydrogens is 316 g/mol. The first-order valence-corrected chi connectivity index (χ1v) is 9.52. The minimum atomic E-state index is -3.40. The number of likely N-dealkylation sites (tertiary alicyclic amines) is 1. The maximum absolute atomic E-state index is 12.5. The summed E-state index contributed by atoms with van der Waals surface area (Å²) in [5, 5.41) is -0.493. The zero-order valence-corrected chi connectivity index (χ0v) is 14.9. The Labute approximate surface area is 137 Å². The summed E-state index contributed by atoms with van der Waals surface area (Å²) in [4.78, 5) is 19.5. The van der Waals surface area contributed by atoms with Crippen molar-refractivity contribution in [1.82, 2.24) is 14.5 Å². The van der Waals surface area contributed by atoms with Crippen molar-refractivity contribution < 1.29 is 13.2 Å². The van der Waals surface area contributed by atoms with E-state index < -0.39 is 15.3 Å². The van der Waals surface area contributed by atoms with Crippen LogP contribution in [0.5, 0.6) is 0 Å². The zero-order valence-electron chi connectivity index (χ0n) is 14.0. The van der Waals surface area contributed by atoms with Crippen LogP contribution in [0.1, 0.15) is 34.1 Å². The van der Waals surface area contributed by atoms with Gasteiger partial charge in [0.2, 0.25) is 15.9 Å². The van der Waals surface area contributed by atoms with Crippen molar-refractivity contribution >= 4 is 21.8 Å². The van der Waals surface area contributed by atoms with E-state index in [4.69, 9.17) is 0 Å². The number of hydrogen-bond donors (Lipinski definition) is 1. The van der Waals surface area contributed by atoms with E-state index in [9.17, 15) is 13.2 Å². The molecule has 0 spiro atoms. The van der Waals surface area contributed by atoms with Crippen LogP contribution in [0.2, 0.25) is 0 Å². The lowest BCUT2D eigenvalue weighted by atomic mass is 10.0. The molecular formula is C15H24N4O3S. The SMILES string of the molecule is CC(=O)N1CC(S(=O)(=O)NC2CC3=C(C)[C@H](C)N=C(C)N3C2)C1. The molecule has 23 heavy (non-hydrogen) atoms. The number of nitrogens with one attached hydrogen (secondary N) is 1. The monoisotopic (exact) mass is 340 g/mol. The second kappa shape index (κ2) is 5.59. The molecule has 8 heteroatoms. The lowest BCUT2D eigenvalue weighted by molar-refractivity contribution is -0.131. The van der Waals surface area contributed by atoms with Crippen LogP contribution in [0.25, 0.3) is 0 Å². The van der Waals surface area contributed by atoms with E-state index in [2.05, 4.69) is 28.5 Å². The van der Waals surface area contributed by atoms with Crippen LogP contribution in [0.3, 0.4) is 0 Å². The molecule has 0 saturated carbocycles. The van der Waals surface area contributed by atoms with Gasteiger partial charge >= 0.3 is 0 Å². The molecule has 3 heterocycles. The van der Waals surface area contributed by atoms with E-state index in [1.807, 2.05) is 6.92 Å². The van der Waals surface area contributed by atoms with Crippen molar-refractivity contribution in [2.24, 2.45) is 4.99 Å². The van der Waals surface area contributed by atoms with E-state index in [0.29, 0.717) is 26.1 Å². The highest BCUT2D eigenvalue weighted by molar-refractivity contribution is 7.90. The summed E-state index contributed by atoms with van der Waals surface area (Å²) in [6.45, 7) is 8.76. The smallest absolute Gasteiger partial charge is 0.219 e. The van der Waals surface area contributed by atoms with E-state index >= 15 is 0 Å². The van der Waals surface area contributed by atoms with Crippen LogP contribution in [-0.2, 0) is 14.8 Å². The average Bonchev–Trinajstić information content (AvgIpc) is 2.76. The molecule has 2 fully saturated rings. The Morgan fingerprint density at radius 2 is 1.91 bits per heavy atom. The van der Waals surface area contributed by atoms with Crippen LogP contribution >= 0.6 is 0 Å². The standard InChI is InChI=1S/C15H24N4O3S/c1-9-10(2)16-11(3)19-6-13(5-15(9)19)17-23(21,22)14-7-18(8-14)12(4)20/h10,13-14,17H,5-8H2,1-4H3/t10-,13?/m0/s1. The van der Waals surface area contributed by atoms with Crippen LogP contribution in [0.15, 0.2) is 16.3 Å². The molecule has 128 valence electrons. The lowest BCUT2D eigenvalue weighted by Crippen LogP contribution is -2.60. The number of carbonyl (C=O) groups is 1. The number of carbonyl (C=O) groups excluding carboxylic acids is 1. The van der Waals surface area contributed by atoms with Gasteiger partial charge in [0.05, 0.1) is 6.04 Å². The predicted molar refractivity (Wildman–Crippen MR) is 88.5 cm³/mol. The third-order valence-corrected chi connectivity index (χ3v) is 6.92. The van der Waals surface area contributed by atoms with Gasteiger partial charge in [-0.25, -0.2) is 13.1 Å². The lowest BCUT2D eigenvalue weighted by Gasteiger charge is -2.38. The van der Waals surface area contributed by atoms with Crippen molar-refractivity contribution in [2.45, 2.75) is 51.4 Å².